The van der Waals surface area contributed by atoms with Crippen molar-refractivity contribution < 1.29 is 0 Å². The number of unbranched alkanes of at least 4 members (excludes halogenated alkanes) is 22. The Morgan fingerprint density at radius 3 is 0.759 bits per heavy atom. The van der Waals surface area contributed by atoms with E-state index in [1.54, 1.807) is 0 Å². The highest BCUT2D eigenvalue weighted by Crippen LogP contribution is 2.16. The third kappa shape index (κ3) is 29.5. The minimum absolute atomic E-state index is 1.10. The predicted octanol–water partition coefficient (Wildman–Crippen LogP) is 11.1. The zero-order chi connectivity index (χ0) is 21.3. The van der Waals surface area contributed by atoms with Gasteiger partial charge in [-0.2, -0.15) is 22.2 Å². The Bertz CT molecular complexity index is 290. The molecule has 0 unspecified atom stereocenters. The van der Waals surface area contributed by atoms with E-state index in [1.165, 1.54) is 152 Å². The Kier molecular flexibility index (Phi) is 29.0. The van der Waals surface area contributed by atoms with Gasteiger partial charge in [0, 0.05) is 0 Å². The topological polar surface area (TPSA) is 0 Å². The molecule has 0 aromatic carbocycles. The molecular weight excluding hydrogens is 526 g/mol. The summed E-state index contributed by atoms with van der Waals surface area (Å²) < 4.78 is 1.34. The average molecular weight is 578 g/mol. The summed E-state index contributed by atoms with van der Waals surface area (Å²) in [6.45, 7) is 0. The van der Waals surface area contributed by atoms with Crippen molar-refractivity contribution in [2.24, 2.45) is 0 Å². The van der Waals surface area contributed by atoms with Crippen molar-refractivity contribution in [2.45, 2.75) is 154 Å². The summed E-state index contributed by atoms with van der Waals surface area (Å²) >= 11 is 14.3. The predicted molar refractivity (Wildman–Crippen MR) is 149 cm³/mol. The van der Waals surface area contributed by atoms with Gasteiger partial charge in [0.05, 0.1) is 0 Å². The van der Waals surface area contributed by atoms with Gasteiger partial charge in [0.2, 0.25) is 7.42 Å². The van der Waals surface area contributed by atoms with Crippen molar-refractivity contribution in [2.75, 3.05) is 4.43 Å². The fourth-order valence-corrected chi connectivity index (χ4v) is 6.17. The molecule has 0 amide bonds. The van der Waals surface area contributed by atoms with Gasteiger partial charge in [0.15, 0.2) is 0 Å². The van der Waals surface area contributed by atoms with E-state index >= 15 is 0 Å². The molecule has 0 N–H and O–H groups in total. The number of hydrogen-bond donors (Lipinski definition) is 0. The van der Waals surface area contributed by atoms with Crippen molar-refractivity contribution in [1.29, 1.82) is 0 Å². The Hall–Kier alpha value is 1.53. The summed E-state index contributed by atoms with van der Waals surface area (Å²) in [5, 5.41) is 0. The van der Waals surface area contributed by atoms with Crippen LogP contribution in [0.4, 0.5) is 0 Å². The molecule has 0 saturated carbocycles. The molecule has 4 heteroatoms. The number of hydrogen-bond acceptors (Lipinski definition) is 0. The van der Waals surface area contributed by atoms with Gasteiger partial charge in [-0.15, -0.1) is 0 Å². The Morgan fingerprint density at radius 2 is 0.552 bits per heavy atom. The third-order valence-electron chi connectivity index (χ3n) is 6.06. The van der Waals surface area contributed by atoms with E-state index in [2.05, 4.69) is 22.6 Å². The lowest BCUT2D eigenvalue weighted by Crippen LogP contribution is -1.91. The van der Waals surface area contributed by atoms with Crippen molar-refractivity contribution in [3.8, 4) is 0 Å². The van der Waals surface area contributed by atoms with Gasteiger partial charge in [0.25, 0.3) is 0 Å². The van der Waals surface area contributed by atoms with Crippen LogP contribution in [-0.2, 0) is 0 Å². The number of alkyl halides is 1. The van der Waals surface area contributed by atoms with E-state index in [9.17, 15) is 0 Å². The average Bonchev–Trinajstić information content (AvgIpc) is 2.71. The molecule has 0 nitrogen and oxygen atoms in total. The van der Waals surface area contributed by atoms with E-state index in [0.29, 0.717) is 0 Å². The molecule has 0 aliphatic carbocycles. The van der Waals surface area contributed by atoms with Crippen LogP contribution in [0.5, 0.6) is 0 Å². The second kappa shape index (κ2) is 27.6. The smallest absolute Gasteiger partial charge is 0.150 e. The first-order valence-electron chi connectivity index (χ1n) is 13.1. The summed E-state index contributed by atoms with van der Waals surface area (Å²) in [6.07, 6.45) is 33.3. The zero-order valence-electron chi connectivity index (χ0n) is 19.4. The molecular formula is C25H51Cl2ISi. The van der Waals surface area contributed by atoms with Crippen LogP contribution in [0.2, 0.25) is 6.04 Å². The van der Waals surface area contributed by atoms with E-state index in [0.717, 1.165) is 6.04 Å². The molecule has 0 aromatic heterocycles. The van der Waals surface area contributed by atoms with E-state index < -0.39 is 7.42 Å². The minimum Gasteiger partial charge on any atom is -0.150 e. The Balaban J connectivity index is 2.98. The maximum Gasteiger partial charge on any atom is 0.237 e. The lowest BCUT2D eigenvalue weighted by Gasteiger charge is -2.04. The molecule has 0 atom stereocenters. The van der Waals surface area contributed by atoms with Gasteiger partial charge >= 0.3 is 0 Å². The fourth-order valence-electron chi connectivity index (χ4n) is 4.11. The monoisotopic (exact) mass is 576 g/mol. The molecule has 0 fully saturated rings. The first-order valence-corrected chi connectivity index (χ1v) is 18.9. The van der Waals surface area contributed by atoms with Crippen molar-refractivity contribution in [3.63, 3.8) is 0 Å². The third-order valence-corrected chi connectivity index (χ3v) is 8.97. The maximum absolute atomic E-state index is 5.88. The molecule has 0 aliphatic rings. The summed E-state index contributed by atoms with van der Waals surface area (Å²) in [4.78, 5) is 0. The highest BCUT2D eigenvalue weighted by atomic mass is 127. The van der Waals surface area contributed by atoms with Crippen LogP contribution in [0.25, 0.3) is 0 Å². The normalized spacial score (nSPS) is 11.6. The van der Waals surface area contributed by atoms with Gasteiger partial charge in [-0.3, -0.25) is 0 Å². The van der Waals surface area contributed by atoms with Crippen LogP contribution in [0, 0.1) is 0 Å². The molecule has 0 rings (SSSR count). The van der Waals surface area contributed by atoms with Crippen molar-refractivity contribution in [1.82, 2.24) is 0 Å². The fraction of sp³-hybridized carbons (Fsp3) is 1.00. The molecule has 0 saturated heterocycles. The van der Waals surface area contributed by atoms with Crippen molar-refractivity contribution in [3.05, 3.63) is 0 Å². The largest absolute Gasteiger partial charge is 0.237 e. The molecule has 0 heterocycles. The van der Waals surface area contributed by atoms with Crippen LogP contribution in [-0.4, -0.2) is 11.8 Å². The first kappa shape index (κ1) is 30.5. The zero-order valence-corrected chi connectivity index (χ0v) is 24.2. The lowest BCUT2D eigenvalue weighted by atomic mass is 10.0. The van der Waals surface area contributed by atoms with E-state index in [4.69, 9.17) is 22.2 Å². The van der Waals surface area contributed by atoms with Crippen LogP contribution in [0.15, 0.2) is 0 Å². The van der Waals surface area contributed by atoms with Gasteiger partial charge in [-0.1, -0.05) is 164 Å². The summed E-state index contributed by atoms with van der Waals surface area (Å²) in [5.41, 5.74) is 0. The highest BCUT2D eigenvalue weighted by Gasteiger charge is 2.00. The minimum atomic E-state index is -1.33. The van der Waals surface area contributed by atoms with Crippen LogP contribution in [0.1, 0.15) is 148 Å². The summed E-state index contributed by atoms with van der Waals surface area (Å²) in [5.74, 6) is 0. The molecule has 0 aromatic rings. The second-order valence-electron chi connectivity index (χ2n) is 9.00. The maximum atomic E-state index is 5.88. The van der Waals surface area contributed by atoms with Crippen LogP contribution < -0.4 is 0 Å². The molecule has 176 valence electrons. The van der Waals surface area contributed by atoms with E-state index in [1.807, 2.05) is 0 Å². The number of rotatable bonds is 25. The Morgan fingerprint density at radius 1 is 0.345 bits per heavy atom. The molecule has 0 aliphatic heterocycles. The lowest BCUT2D eigenvalue weighted by molar-refractivity contribution is 0.519. The van der Waals surface area contributed by atoms with Crippen molar-refractivity contribution >= 4 is 52.2 Å². The molecule has 0 bridgehead atoms. The Labute approximate surface area is 209 Å². The SMILES string of the molecule is Cl[SiH](Cl)CCCCCCCCCCCCCCCCCCCCCCCCCI. The van der Waals surface area contributed by atoms with Crippen LogP contribution in [0.3, 0.4) is 0 Å². The molecule has 0 radical (unpaired) electrons. The second-order valence-corrected chi connectivity index (χ2v) is 15.3. The van der Waals surface area contributed by atoms with Crippen LogP contribution >= 0.6 is 44.7 Å². The first-order chi connectivity index (χ1) is 14.3. The van der Waals surface area contributed by atoms with Gasteiger partial charge in [0.1, 0.15) is 0 Å². The quantitative estimate of drug-likeness (QED) is 0.0333. The summed E-state index contributed by atoms with van der Waals surface area (Å²) in [6, 6.07) is 1.10. The van der Waals surface area contributed by atoms with Gasteiger partial charge in [-0.25, -0.2) is 0 Å². The van der Waals surface area contributed by atoms with E-state index in [-0.39, 0.29) is 0 Å². The number of halogens is 3. The summed E-state index contributed by atoms with van der Waals surface area (Å²) in [7, 11) is -1.33. The molecule has 0 spiro atoms. The van der Waals surface area contributed by atoms with Gasteiger partial charge in [-0.05, 0) is 16.9 Å². The van der Waals surface area contributed by atoms with Gasteiger partial charge < -0.3 is 0 Å². The standard InChI is InChI=1S/C25H51Cl2ISi/c26-29(27)25-23-21-19-17-15-13-11-9-7-5-3-1-2-4-6-8-10-12-14-16-18-20-22-24-28/h29H,1-25H2. The highest BCUT2D eigenvalue weighted by molar-refractivity contribution is 14.1. The molecule has 29 heavy (non-hydrogen) atoms.